The van der Waals surface area contributed by atoms with Crippen LogP contribution in [-0.4, -0.2) is 24.8 Å². The van der Waals surface area contributed by atoms with E-state index in [1.165, 1.54) is 21.0 Å². The van der Waals surface area contributed by atoms with Crippen molar-refractivity contribution < 1.29 is 23.9 Å². The van der Waals surface area contributed by atoms with E-state index in [9.17, 15) is 14.4 Å². The van der Waals surface area contributed by atoms with Gasteiger partial charge in [0.2, 0.25) is 5.91 Å². The molecular weight excluding hydrogens is 346 g/mol. The van der Waals surface area contributed by atoms with Crippen molar-refractivity contribution in [3.05, 3.63) is 65.2 Å². The Balaban J connectivity index is 2.07. The zero-order valence-corrected chi connectivity index (χ0v) is 15.7. The van der Waals surface area contributed by atoms with E-state index in [1.54, 1.807) is 18.2 Å². The molecule has 0 aliphatic rings. The maximum absolute atomic E-state index is 12.3. The van der Waals surface area contributed by atoms with Gasteiger partial charge in [-0.25, -0.2) is 0 Å². The number of ketones is 1. The van der Waals surface area contributed by atoms with Gasteiger partial charge in [0.1, 0.15) is 12.4 Å². The van der Waals surface area contributed by atoms with Crippen LogP contribution in [0, 0.1) is 0 Å². The summed E-state index contributed by atoms with van der Waals surface area (Å²) >= 11 is 0. The predicted octanol–water partition coefficient (Wildman–Crippen LogP) is 3.21. The van der Waals surface area contributed by atoms with Gasteiger partial charge in [0.15, 0.2) is 5.78 Å². The van der Waals surface area contributed by atoms with Crippen LogP contribution in [-0.2, 0) is 20.9 Å². The molecule has 6 nitrogen and oxygen atoms in total. The zero-order chi connectivity index (χ0) is 19.8. The Morgan fingerprint density at radius 1 is 1.04 bits per heavy atom. The van der Waals surface area contributed by atoms with Crippen LogP contribution in [0.1, 0.15) is 47.8 Å². The molecule has 1 atom stereocenters. The molecule has 0 spiro atoms. The van der Waals surface area contributed by atoms with Gasteiger partial charge in [-0.2, -0.15) is 0 Å². The fourth-order valence-electron chi connectivity index (χ4n) is 2.68. The van der Waals surface area contributed by atoms with Gasteiger partial charge in [0.05, 0.1) is 19.6 Å². The van der Waals surface area contributed by atoms with Gasteiger partial charge in [-0.05, 0) is 30.7 Å². The van der Waals surface area contributed by atoms with Crippen molar-refractivity contribution in [3.8, 4) is 5.75 Å². The molecule has 2 aromatic carbocycles. The summed E-state index contributed by atoms with van der Waals surface area (Å²) in [5.41, 5.74) is 1.94. The fraction of sp³-hybridized carbons (Fsp3) is 0.286. The molecule has 6 heteroatoms. The molecule has 0 radical (unpaired) electrons. The summed E-state index contributed by atoms with van der Waals surface area (Å²) in [5.74, 6) is -0.241. The Labute approximate surface area is 158 Å². The first-order valence-corrected chi connectivity index (χ1v) is 8.56. The highest BCUT2D eigenvalue weighted by atomic mass is 16.5. The maximum atomic E-state index is 12.3. The minimum Gasteiger partial charge on any atom is -0.496 e. The lowest BCUT2D eigenvalue weighted by molar-refractivity contribution is -0.145. The molecule has 0 aliphatic heterocycles. The zero-order valence-electron chi connectivity index (χ0n) is 15.7. The van der Waals surface area contributed by atoms with Crippen LogP contribution in [0.2, 0.25) is 0 Å². The third kappa shape index (κ3) is 5.95. The number of hydrogen-bond acceptors (Lipinski definition) is 5. The van der Waals surface area contributed by atoms with E-state index in [0.717, 1.165) is 5.56 Å². The molecule has 0 saturated carbocycles. The molecule has 27 heavy (non-hydrogen) atoms. The van der Waals surface area contributed by atoms with E-state index < -0.39 is 12.0 Å². The normalized spacial score (nSPS) is 11.4. The van der Waals surface area contributed by atoms with Crippen molar-refractivity contribution in [1.82, 2.24) is 5.32 Å². The van der Waals surface area contributed by atoms with Crippen LogP contribution < -0.4 is 10.1 Å². The summed E-state index contributed by atoms with van der Waals surface area (Å²) in [7, 11) is 1.51. The Kier molecular flexibility index (Phi) is 7.11. The largest absolute Gasteiger partial charge is 0.496 e. The van der Waals surface area contributed by atoms with Gasteiger partial charge >= 0.3 is 5.97 Å². The van der Waals surface area contributed by atoms with E-state index in [1.807, 2.05) is 30.3 Å². The highest BCUT2D eigenvalue weighted by Gasteiger charge is 2.18. The number of nitrogens with one attached hydrogen (secondary N) is 1. The SMILES string of the molecule is COc1ccc(C(C)=O)cc1COC(=O)C[C@H](NC(C)=O)c1ccccc1. The molecule has 0 unspecified atom stereocenters. The molecule has 1 N–H and O–H groups in total. The number of rotatable bonds is 8. The van der Waals surface area contributed by atoms with Crippen molar-refractivity contribution in [1.29, 1.82) is 0 Å². The third-order valence-electron chi connectivity index (χ3n) is 4.03. The van der Waals surface area contributed by atoms with Gasteiger partial charge in [-0.15, -0.1) is 0 Å². The minimum absolute atomic E-state index is 0.00168. The van der Waals surface area contributed by atoms with Gasteiger partial charge in [-0.3, -0.25) is 14.4 Å². The standard InChI is InChI=1S/C21H23NO5/c1-14(23)17-9-10-20(26-3)18(11-17)13-27-21(25)12-19(22-15(2)24)16-7-5-4-6-8-16/h4-11,19H,12-13H2,1-3H3,(H,22,24)/t19-/m0/s1. The molecule has 142 valence electrons. The van der Waals surface area contributed by atoms with Crippen molar-refractivity contribution >= 4 is 17.7 Å². The number of carbonyl (C=O) groups is 3. The number of hydrogen-bond donors (Lipinski definition) is 1. The van der Waals surface area contributed by atoms with Crippen molar-refractivity contribution in [3.63, 3.8) is 0 Å². The number of carbonyl (C=O) groups excluding carboxylic acids is 3. The monoisotopic (exact) mass is 369 g/mol. The van der Waals surface area contributed by atoms with Crippen LogP contribution in [0.5, 0.6) is 5.75 Å². The predicted molar refractivity (Wildman–Crippen MR) is 100 cm³/mol. The van der Waals surface area contributed by atoms with E-state index >= 15 is 0 Å². The molecule has 0 bridgehead atoms. The molecular formula is C21H23NO5. The van der Waals surface area contributed by atoms with Crippen LogP contribution in [0.4, 0.5) is 0 Å². The van der Waals surface area contributed by atoms with E-state index in [2.05, 4.69) is 5.32 Å². The number of Topliss-reactive ketones (excluding diaryl/α,β-unsaturated/α-hetero) is 1. The van der Waals surface area contributed by atoms with Gasteiger partial charge in [0.25, 0.3) is 0 Å². The van der Waals surface area contributed by atoms with Crippen LogP contribution in [0.3, 0.4) is 0 Å². The summed E-state index contributed by atoms with van der Waals surface area (Å²) in [6, 6.07) is 13.7. The fourth-order valence-corrected chi connectivity index (χ4v) is 2.68. The Morgan fingerprint density at radius 2 is 1.74 bits per heavy atom. The van der Waals surface area contributed by atoms with Gasteiger partial charge in [-0.1, -0.05) is 30.3 Å². The molecule has 0 aromatic heterocycles. The van der Waals surface area contributed by atoms with E-state index in [4.69, 9.17) is 9.47 Å². The second-order valence-electron chi connectivity index (χ2n) is 6.11. The average Bonchev–Trinajstić information content (AvgIpc) is 2.65. The summed E-state index contributed by atoms with van der Waals surface area (Å²) in [5, 5.41) is 2.76. The maximum Gasteiger partial charge on any atom is 0.308 e. The number of ether oxygens (including phenoxy) is 2. The summed E-state index contributed by atoms with van der Waals surface area (Å²) in [4.78, 5) is 35.3. The first-order valence-electron chi connectivity index (χ1n) is 8.56. The lowest BCUT2D eigenvalue weighted by Gasteiger charge is -2.18. The second kappa shape index (κ2) is 9.52. The highest BCUT2D eigenvalue weighted by molar-refractivity contribution is 5.94. The van der Waals surface area contributed by atoms with Crippen LogP contribution in [0.15, 0.2) is 48.5 Å². The van der Waals surface area contributed by atoms with Crippen LogP contribution >= 0.6 is 0 Å². The van der Waals surface area contributed by atoms with Crippen LogP contribution in [0.25, 0.3) is 0 Å². The Hall–Kier alpha value is -3.15. The first kappa shape index (κ1) is 20.2. The third-order valence-corrected chi connectivity index (χ3v) is 4.03. The molecule has 0 heterocycles. The summed E-state index contributed by atoms with van der Waals surface area (Å²) in [6.45, 7) is 2.85. The topological polar surface area (TPSA) is 81.7 Å². The molecule has 2 aromatic rings. The number of benzene rings is 2. The minimum atomic E-state index is -0.471. The Morgan fingerprint density at radius 3 is 2.33 bits per heavy atom. The average molecular weight is 369 g/mol. The van der Waals surface area contributed by atoms with Gasteiger partial charge in [0, 0.05) is 18.1 Å². The molecule has 0 fully saturated rings. The number of methoxy groups -OCH3 is 1. The Bertz CT molecular complexity index is 817. The summed E-state index contributed by atoms with van der Waals surface area (Å²) in [6.07, 6.45) is -0.00168. The number of amides is 1. The lowest BCUT2D eigenvalue weighted by atomic mass is 10.0. The molecule has 1 amide bonds. The highest BCUT2D eigenvalue weighted by Crippen LogP contribution is 2.22. The second-order valence-corrected chi connectivity index (χ2v) is 6.11. The first-order chi connectivity index (χ1) is 12.9. The van der Waals surface area contributed by atoms with Crippen molar-refractivity contribution in [2.24, 2.45) is 0 Å². The smallest absolute Gasteiger partial charge is 0.308 e. The number of esters is 1. The van der Waals surface area contributed by atoms with Crippen molar-refractivity contribution in [2.75, 3.05) is 7.11 Å². The van der Waals surface area contributed by atoms with E-state index in [0.29, 0.717) is 16.9 Å². The van der Waals surface area contributed by atoms with Gasteiger partial charge < -0.3 is 14.8 Å². The van der Waals surface area contributed by atoms with E-state index in [-0.39, 0.29) is 24.7 Å². The molecule has 0 aliphatic carbocycles. The molecule has 2 rings (SSSR count). The lowest BCUT2D eigenvalue weighted by Crippen LogP contribution is -2.28. The molecule has 0 saturated heterocycles. The summed E-state index contributed by atoms with van der Waals surface area (Å²) < 4.78 is 10.6. The van der Waals surface area contributed by atoms with Crippen molar-refractivity contribution in [2.45, 2.75) is 32.9 Å². The quantitative estimate of drug-likeness (QED) is 0.571.